The highest BCUT2D eigenvalue weighted by molar-refractivity contribution is 9.10. The second kappa shape index (κ2) is 12.3. The number of amides is 4. The van der Waals surface area contributed by atoms with E-state index in [0.717, 1.165) is 15.1 Å². The summed E-state index contributed by atoms with van der Waals surface area (Å²) >= 11 is 3.33. The van der Waals surface area contributed by atoms with Crippen molar-refractivity contribution in [1.82, 2.24) is 5.32 Å². The molecular formula is C31H29BrN2O5. The fourth-order valence-corrected chi connectivity index (χ4v) is 5.20. The minimum absolute atomic E-state index is 0.144. The van der Waals surface area contributed by atoms with E-state index < -0.39 is 17.8 Å². The summed E-state index contributed by atoms with van der Waals surface area (Å²) in [7, 11) is 0. The average molecular weight is 589 g/mol. The lowest BCUT2D eigenvalue weighted by Crippen LogP contribution is -2.54. The van der Waals surface area contributed by atoms with Gasteiger partial charge in [0.25, 0.3) is 11.8 Å². The molecule has 1 heterocycles. The maximum absolute atomic E-state index is 13.1. The summed E-state index contributed by atoms with van der Waals surface area (Å²) in [6, 6.07) is 21.3. The largest absolute Gasteiger partial charge is 0.490 e. The first-order valence-electron chi connectivity index (χ1n) is 13.1. The SMILES string of the molecule is O=C1NC(=O)N(c2ccc(Br)cc2)C(=O)/C1=C\c1cccc(OCCOc2ccc(C3CCCCC3)cc2)c1. The minimum atomic E-state index is -0.787. The molecule has 0 atom stereocenters. The third-order valence-corrected chi connectivity index (χ3v) is 7.46. The van der Waals surface area contributed by atoms with E-state index in [2.05, 4.69) is 33.4 Å². The average Bonchev–Trinajstić information content (AvgIpc) is 2.95. The van der Waals surface area contributed by atoms with Crippen molar-refractivity contribution < 1.29 is 23.9 Å². The van der Waals surface area contributed by atoms with Gasteiger partial charge >= 0.3 is 6.03 Å². The van der Waals surface area contributed by atoms with E-state index in [1.54, 1.807) is 48.5 Å². The second-order valence-corrected chi connectivity index (χ2v) is 10.5. The van der Waals surface area contributed by atoms with Gasteiger partial charge in [-0.25, -0.2) is 9.69 Å². The first kappa shape index (κ1) is 26.7. The van der Waals surface area contributed by atoms with Gasteiger partial charge in [-0.05, 0) is 84.5 Å². The number of hydrogen-bond acceptors (Lipinski definition) is 5. The van der Waals surface area contributed by atoms with Gasteiger partial charge in [0.2, 0.25) is 0 Å². The zero-order chi connectivity index (χ0) is 27.2. The van der Waals surface area contributed by atoms with Gasteiger partial charge in [-0.3, -0.25) is 14.9 Å². The van der Waals surface area contributed by atoms with Crippen molar-refractivity contribution in [2.24, 2.45) is 0 Å². The zero-order valence-electron chi connectivity index (χ0n) is 21.4. The molecule has 1 aliphatic heterocycles. The molecule has 0 bridgehead atoms. The van der Waals surface area contributed by atoms with E-state index in [0.29, 0.717) is 36.1 Å². The Labute approximate surface area is 235 Å². The highest BCUT2D eigenvalue weighted by Gasteiger charge is 2.36. The lowest BCUT2D eigenvalue weighted by atomic mass is 9.84. The highest BCUT2D eigenvalue weighted by Crippen LogP contribution is 2.33. The van der Waals surface area contributed by atoms with Crippen molar-refractivity contribution in [1.29, 1.82) is 0 Å². The molecule has 0 radical (unpaired) electrons. The minimum Gasteiger partial charge on any atom is -0.490 e. The van der Waals surface area contributed by atoms with Crippen LogP contribution in [0.5, 0.6) is 11.5 Å². The number of nitrogens with zero attached hydrogens (tertiary/aromatic N) is 1. The van der Waals surface area contributed by atoms with Crippen LogP contribution in [-0.4, -0.2) is 31.1 Å². The molecule has 4 amide bonds. The highest BCUT2D eigenvalue weighted by atomic mass is 79.9. The van der Waals surface area contributed by atoms with Crippen LogP contribution in [0.1, 0.15) is 49.1 Å². The van der Waals surface area contributed by atoms with Gasteiger partial charge in [-0.2, -0.15) is 0 Å². The van der Waals surface area contributed by atoms with Gasteiger partial charge < -0.3 is 9.47 Å². The Hall–Kier alpha value is -3.91. The van der Waals surface area contributed by atoms with Crippen LogP contribution >= 0.6 is 15.9 Å². The number of imide groups is 2. The first-order valence-corrected chi connectivity index (χ1v) is 13.9. The summed E-state index contributed by atoms with van der Waals surface area (Å²) in [5.74, 6) is 0.610. The molecular weight excluding hydrogens is 560 g/mol. The van der Waals surface area contributed by atoms with Crippen LogP contribution in [-0.2, 0) is 9.59 Å². The Bertz CT molecular complexity index is 1380. The number of nitrogens with one attached hydrogen (secondary N) is 1. The summed E-state index contributed by atoms with van der Waals surface area (Å²) < 4.78 is 12.5. The molecule has 1 saturated carbocycles. The summed E-state index contributed by atoms with van der Waals surface area (Å²) in [6.45, 7) is 0.703. The van der Waals surface area contributed by atoms with E-state index >= 15 is 0 Å². The number of halogens is 1. The van der Waals surface area contributed by atoms with Crippen LogP contribution < -0.4 is 19.7 Å². The van der Waals surface area contributed by atoms with Crippen LogP contribution in [0.15, 0.2) is 82.8 Å². The molecule has 0 spiro atoms. The van der Waals surface area contributed by atoms with E-state index in [9.17, 15) is 14.4 Å². The lowest BCUT2D eigenvalue weighted by molar-refractivity contribution is -0.122. The van der Waals surface area contributed by atoms with Gasteiger partial charge in [0.1, 0.15) is 30.3 Å². The van der Waals surface area contributed by atoms with Crippen molar-refractivity contribution in [3.8, 4) is 11.5 Å². The van der Waals surface area contributed by atoms with Crippen molar-refractivity contribution in [2.45, 2.75) is 38.0 Å². The Morgan fingerprint density at radius 2 is 1.54 bits per heavy atom. The fraction of sp³-hybridized carbons (Fsp3) is 0.258. The molecule has 8 heteroatoms. The maximum atomic E-state index is 13.1. The molecule has 39 heavy (non-hydrogen) atoms. The van der Waals surface area contributed by atoms with Crippen LogP contribution in [0.2, 0.25) is 0 Å². The van der Waals surface area contributed by atoms with Crippen molar-refractivity contribution in [3.05, 3.63) is 94.0 Å². The predicted octanol–water partition coefficient (Wildman–Crippen LogP) is 6.62. The third-order valence-electron chi connectivity index (χ3n) is 6.93. The lowest BCUT2D eigenvalue weighted by Gasteiger charge is -2.26. The van der Waals surface area contributed by atoms with E-state index in [1.807, 2.05) is 12.1 Å². The van der Waals surface area contributed by atoms with Gasteiger partial charge in [-0.15, -0.1) is 0 Å². The van der Waals surface area contributed by atoms with Gasteiger partial charge in [0.05, 0.1) is 5.69 Å². The quantitative estimate of drug-likeness (QED) is 0.181. The fourth-order valence-electron chi connectivity index (χ4n) is 4.93. The van der Waals surface area contributed by atoms with Crippen molar-refractivity contribution >= 4 is 45.5 Å². The molecule has 2 aliphatic rings. The molecule has 1 N–H and O–H groups in total. The number of barbiturate groups is 1. The summed E-state index contributed by atoms with van der Waals surface area (Å²) in [5.41, 5.74) is 2.20. The maximum Gasteiger partial charge on any atom is 0.335 e. The van der Waals surface area contributed by atoms with Gasteiger partial charge in [0.15, 0.2) is 0 Å². The second-order valence-electron chi connectivity index (χ2n) is 9.61. The summed E-state index contributed by atoms with van der Waals surface area (Å²) in [5, 5.41) is 2.24. The van der Waals surface area contributed by atoms with E-state index in [4.69, 9.17) is 9.47 Å². The molecule has 0 aromatic heterocycles. The number of rotatable bonds is 8. The predicted molar refractivity (Wildman–Crippen MR) is 153 cm³/mol. The topological polar surface area (TPSA) is 84.9 Å². The molecule has 0 unspecified atom stereocenters. The smallest absolute Gasteiger partial charge is 0.335 e. The first-order chi connectivity index (χ1) is 19.0. The van der Waals surface area contributed by atoms with Crippen LogP contribution in [0.3, 0.4) is 0 Å². The standard InChI is InChI=1S/C31H29BrN2O5/c32-24-11-13-25(14-12-24)34-30(36)28(29(35)33-31(34)37)20-21-5-4-8-27(19-21)39-18-17-38-26-15-9-23(10-16-26)22-6-2-1-3-7-22/h4-5,8-16,19-20,22H,1-3,6-7,17-18H2,(H,33,35,37)/b28-20-. The molecule has 7 nitrogen and oxygen atoms in total. The van der Waals surface area contributed by atoms with Crippen LogP contribution in [0.4, 0.5) is 10.5 Å². The number of carbonyl (C=O) groups is 3. The number of hydrogen-bond donors (Lipinski definition) is 1. The van der Waals surface area contributed by atoms with Gasteiger partial charge in [-0.1, -0.05) is 59.5 Å². The number of ether oxygens (including phenoxy) is 2. The number of anilines is 1. The molecule has 1 saturated heterocycles. The van der Waals surface area contributed by atoms with Crippen LogP contribution in [0.25, 0.3) is 6.08 Å². The summed E-state index contributed by atoms with van der Waals surface area (Å²) in [6.07, 6.45) is 7.96. The number of carbonyl (C=O) groups excluding carboxylic acids is 3. The molecule has 3 aromatic carbocycles. The number of urea groups is 1. The molecule has 5 rings (SSSR count). The normalized spacial score (nSPS) is 17.3. The van der Waals surface area contributed by atoms with E-state index in [-0.39, 0.29) is 5.57 Å². The Balaban J connectivity index is 1.18. The molecule has 200 valence electrons. The van der Waals surface area contributed by atoms with Gasteiger partial charge in [0, 0.05) is 4.47 Å². The van der Waals surface area contributed by atoms with E-state index in [1.165, 1.54) is 43.7 Å². The Morgan fingerprint density at radius 1 is 0.846 bits per heavy atom. The molecule has 2 fully saturated rings. The monoisotopic (exact) mass is 588 g/mol. The van der Waals surface area contributed by atoms with Crippen molar-refractivity contribution in [2.75, 3.05) is 18.1 Å². The molecule has 3 aromatic rings. The van der Waals surface area contributed by atoms with Crippen LogP contribution in [0, 0.1) is 0 Å². The third kappa shape index (κ3) is 6.57. The number of benzene rings is 3. The van der Waals surface area contributed by atoms with Crippen molar-refractivity contribution in [3.63, 3.8) is 0 Å². The zero-order valence-corrected chi connectivity index (χ0v) is 23.0. The Morgan fingerprint density at radius 3 is 2.26 bits per heavy atom. The summed E-state index contributed by atoms with van der Waals surface area (Å²) in [4.78, 5) is 38.9. The Kier molecular flexibility index (Phi) is 8.42. The molecule has 1 aliphatic carbocycles.